The highest BCUT2D eigenvalue weighted by Gasteiger charge is 2.07. The summed E-state index contributed by atoms with van der Waals surface area (Å²) in [6.45, 7) is 2.27. The molecule has 3 heteroatoms. The first-order chi connectivity index (χ1) is 12.4. The lowest BCUT2D eigenvalue weighted by molar-refractivity contribution is 0.312. The zero-order valence-electron chi connectivity index (χ0n) is 14.3. The van der Waals surface area contributed by atoms with Crippen molar-refractivity contribution in [1.82, 2.24) is 5.32 Å². The van der Waals surface area contributed by atoms with Crippen molar-refractivity contribution >= 4 is 16.5 Å². The van der Waals surface area contributed by atoms with Crippen molar-refractivity contribution in [2.24, 2.45) is 0 Å². The van der Waals surface area contributed by atoms with Crippen LogP contribution in [0.5, 0.6) is 5.75 Å². The zero-order chi connectivity index (χ0) is 16.9. The van der Waals surface area contributed by atoms with E-state index < -0.39 is 0 Å². The molecule has 3 nitrogen and oxygen atoms in total. The summed E-state index contributed by atoms with van der Waals surface area (Å²) in [6.07, 6.45) is 7.79. The summed E-state index contributed by atoms with van der Waals surface area (Å²) in [6, 6.07) is 16.8. The summed E-state index contributed by atoms with van der Waals surface area (Å²) >= 11 is 0. The fourth-order valence-electron chi connectivity index (χ4n) is 3.36. The number of rotatable bonds is 7. The summed E-state index contributed by atoms with van der Waals surface area (Å²) in [7, 11) is 0. The third-order valence-corrected chi connectivity index (χ3v) is 4.65. The number of hydrogen-bond acceptors (Lipinski definition) is 3. The Bertz CT molecular complexity index is 878. The minimum Gasteiger partial charge on any atom is -0.488 e. The highest BCUT2D eigenvalue weighted by Crippen LogP contribution is 2.28. The van der Waals surface area contributed by atoms with Gasteiger partial charge in [0.05, 0.1) is 6.26 Å². The molecule has 0 unspecified atom stereocenters. The van der Waals surface area contributed by atoms with Crippen molar-refractivity contribution in [3.8, 4) is 5.75 Å². The van der Waals surface area contributed by atoms with Gasteiger partial charge in [0.25, 0.3) is 0 Å². The molecule has 0 saturated heterocycles. The summed E-state index contributed by atoms with van der Waals surface area (Å²) in [4.78, 5) is 0. The van der Waals surface area contributed by atoms with Crippen molar-refractivity contribution in [3.05, 3.63) is 72.0 Å². The van der Waals surface area contributed by atoms with Crippen LogP contribution >= 0.6 is 0 Å². The van der Waals surface area contributed by atoms with E-state index in [4.69, 9.17) is 9.15 Å². The second-order valence-electron chi connectivity index (χ2n) is 6.44. The molecule has 2 aromatic carbocycles. The Morgan fingerprint density at radius 2 is 2.04 bits per heavy atom. The normalized spacial score (nSPS) is 14.0. The van der Waals surface area contributed by atoms with Crippen LogP contribution in [0.25, 0.3) is 16.5 Å². The van der Waals surface area contributed by atoms with Crippen LogP contribution in [-0.4, -0.2) is 13.2 Å². The molecule has 0 fully saturated rings. The van der Waals surface area contributed by atoms with E-state index in [1.54, 1.807) is 6.26 Å². The van der Waals surface area contributed by atoms with Crippen LogP contribution in [0.15, 0.2) is 65.3 Å². The van der Waals surface area contributed by atoms with Crippen molar-refractivity contribution in [3.63, 3.8) is 0 Å². The molecule has 0 atom stereocenters. The number of nitrogens with one attached hydrogen (secondary N) is 1. The number of furan rings is 1. The average Bonchev–Trinajstić information content (AvgIpc) is 3.33. The molecular weight excluding hydrogens is 310 g/mol. The van der Waals surface area contributed by atoms with E-state index in [-0.39, 0.29) is 0 Å². The lowest BCUT2D eigenvalue weighted by atomic mass is 10.0. The van der Waals surface area contributed by atoms with Crippen LogP contribution in [0.3, 0.4) is 0 Å². The van der Waals surface area contributed by atoms with Crippen molar-refractivity contribution in [2.45, 2.75) is 25.8 Å². The molecule has 1 aliphatic rings. The van der Waals surface area contributed by atoms with Crippen molar-refractivity contribution < 1.29 is 9.15 Å². The number of ether oxygens (including phenoxy) is 1. The van der Waals surface area contributed by atoms with Gasteiger partial charge in [0.15, 0.2) is 11.3 Å². The molecule has 25 heavy (non-hydrogen) atoms. The second-order valence-corrected chi connectivity index (χ2v) is 6.44. The molecule has 128 valence electrons. The van der Waals surface area contributed by atoms with Crippen molar-refractivity contribution in [2.75, 3.05) is 13.2 Å². The van der Waals surface area contributed by atoms with E-state index in [0.717, 1.165) is 29.8 Å². The molecule has 0 aliphatic heterocycles. The predicted molar refractivity (Wildman–Crippen MR) is 102 cm³/mol. The van der Waals surface area contributed by atoms with E-state index in [0.29, 0.717) is 6.61 Å². The lowest BCUT2D eigenvalue weighted by Crippen LogP contribution is -2.20. The smallest absolute Gasteiger partial charge is 0.175 e. The minimum atomic E-state index is 0.616. The minimum absolute atomic E-state index is 0.616. The third-order valence-electron chi connectivity index (χ3n) is 4.65. The van der Waals surface area contributed by atoms with Crippen molar-refractivity contribution in [1.29, 1.82) is 0 Å². The van der Waals surface area contributed by atoms with Gasteiger partial charge in [-0.1, -0.05) is 42.5 Å². The maximum absolute atomic E-state index is 5.86. The van der Waals surface area contributed by atoms with Gasteiger partial charge in [0.2, 0.25) is 0 Å². The van der Waals surface area contributed by atoms with Gasteiger partial charge in [-0.2, -0.15) is 0 Å². The van der Waals surface area contributed by atoms with Gasteiger partial charge in [0, 0.05) is 18.5 Å². The maximum Gasteiger partial charge on any atom is 0.175 e. The molecule has 1 aromatic heterocycles. The molecule has 0 saturated carbocycles. The molecule has 3 aromatic rings. The Morgan fingerprint density at radius 3 is 2.96 bits per heavy atom. The number of allylic oxidation sites excluding steroid dienone is 2. The van der Waals surface area contributed by atoms with E-state index in [1.165, 1.54) is 36.0 Å². The van der Waals surface area contributed by atoms with Crippen LogP contribution in [0.2, 0.25) is 0 Å². The van der Waals surface area contributed by atoms with Gasteiger partial charge in [-0.05, 0) is 48.1 Å². The van der Waals surface area contributed by atoms with E-state index in [2.05, 4.69) is 35.7 Å². The van der Waals surface area contributed by atoms with Gasteiger partial charge in [-0.15, -0.1) is 0 Å². The van der Waals surface area contributed by atoms with E-state index in [9.17, 15) is 0 Å². The molecule has 0 radical (unpaired) electrons. The number of benzene rings is 2. The molecule has 1 aliphatic carbocycles. The summed E-state index contributed by atoms with van der Waals surface area (Å²) in [5.41, 5.74) is 5.01. The van der Waals surface area contributed by atoms with Crippen LogP contribution in [0.1, 0.15) is 30.4 Å². The standard InChI is InChI=1S/C22H23NO2/c1-2-7-18(6-1)20-9-3-5-17(15-20)16-23-12-14-24-21-10-4-8-19-11-13-25-22(19)21/h3-6,8-11,13,15,23H,1-2,7,12,14,16H2. The summed E-state index contributed by atoms with van der Waals surface area (Å²) in [5, 5.41) is 4.53. The van der Waals surface area contributed by atoms with Gasteiger partial charge in [0.1, 0.15) is 6.61 Å². The largest absolute Gasteiger partial charge is 0.488 e. The van der Waals surface area contributed by atoms with Crippen LogP contribution in [0.4, 0.5) is 0 Å². The van der Waals surface area contributed by atoms with Crippen LogP contribution < -0.4 is 10.1 Å². The van der Waals surface area contributed by atoms with Gasteiger partial charge in [-0.3, -0.25) is 0 Å². The Labute approximate surface area is 148 Å². The molecular formula is C22H23NO2. The van der Waals surface area contributed by atoms with Crippen LogP contribution in [0, 0.1) is 0 Å². The summed E-state index contributed by atoms with van der Waals surface area (Å²) < 4.78 is 11.3. The fourth-order valence-corrected chi connectivity index (χ4v) is 3.36. The number of para-hydroxylation sites is 1. The molecule has 1 N–H and O–H groups in total. The summed E-state index contributed by atoms with van der Waals surface area (Å²) in [5.74, 6) is 0.805. The Kier molecular flexibility index (Phi) is 4.84. The average molecular weight is 333 g/mol. The van der Waals surface area contributed by atoms with E-state index >= 15 is 0 Å². The highest BCUT2D eigenvalue weighted by atomic mass is 16.5. The third kappa shape index (κ3) is 3.77. The monoisotopic (exact) mass is 333 g/mol. The fraction of sp³-hybridized carbons (Fsp3) is 0.273. The van der Waals surface area contributed by atoms with Gasteiger partial charge in [-0.25, -0.2) is 0 Å². The van der Waals surface area contributed by atoms with Gasteiger partial charge < -0.3 is 14.5 Å². The molecule has 0 spiro atoms. The number of hydrogen-bond donors (Lipinski definition) is 1. The lowest BCUT2D eigenvalue weighted by Gasteiger charge is -2.09. The van der Waals surface area contributed by atoms with E-state index in [1.807, 2.05) is 24.3 Å². The predicted octanol–water partition coefficient (Wildman–Crippen LogP) is 5.17. The number of fused-ring (bicyclic) bond motifs is 1. The Hall–Kier alpha value is -2.52. The molecule has 0 bridgehead atoms. The molecule has 0 amide bonds. The maximum atomic E-state index is 5.86. The highest BCUT2D eigenvalue weighted by molar-refractivity contribution is 5.82. The van der Waals surface area contributed by atoms with Crippen LogP contribution in [-0.2, 0) is 6.54 Å². The first kappa shape index (κ1) is 16.0. The quantitative estimate of drug-likeness (QED) is 0.606. The molecule has 1 heterocycles. The van der Waals surface area contributed by atoms with Gasteiger partial charge >= 0.3 is 0 Å². The SMILES string of the molecule is C1=C(c2cccc(CNCCOc3cccc4ccoc34)c2)CCC1. The second kappa shape index (κ2) is 7.58. The molecule has 4 rings (SSSR count). The Balaban J connectivity index is 1.27. The topological polar surface area (TPSA) is 34.4 Å². The Morgan fingerprint density at radius 1 is 1.08 bits per heavy atom. The first-order valence-electron chi connectivity index (χ1n) is 8.98. The first-order valence-corrected chi connectivity index (χ1v) is 8.98. The zero-order valence-corrected chi connectivity index (χ0v) is 14.3.